The summed E-state index contributed by atoms with van der Waals surface area (Å²) < 4.78 is 0. The lowest BCUT2D eigenvalue weighted by Gasteiger charge is -2.23. The Hall–Kier alpha value is -1.97. The number of benzene rings is 1. The Balaban J connectivity index is 2.33. The van der Waals surface area contributed by atoms with E-state index in [4.69, 9.17) is 5.11 Å². The third kappa shape index (κ3) is 2.57. The van der Waals surface area contributed by atoms with E-state index in [1.165, 1.54) is 0 Å². The number of rotatable bonds is 5. The van der Waals surface area contributed by atoms with Crippen molar-refractivity contribution in [2.24, 2.45) is 5.92 Å². The highest BCUT2D eigenvalue weighted by Crippen LogP contribution is 2.30. The number of aromatic amines is 1. The van der Waals surface area contributed by atoms with Gasteiger partial charge in [-0.25, -0.2) is 0 Å². The predicted octanol–water partition coefficient (Wildman–Crippen LogP) is 3.02. The van der Waals surface area contributed by atoms with Gasteiger partial charge in [-0.15, -0.1) is 0 Å². The molecular formula is C15H20N2O2. The number of carbonyl (C=O) groups is 1. The summed E-state index contributed by atoms with van der Waals surface area (Å²) in [5.41, 5.74) is 3.25. The number of fused-ring (bicyclic) bond motifs is 1. The Kier molecular flexibility index (Phi) is 3.79. The molecule has 0 bridgehead atoms. The minimum absolute atomic E-state index is 0.335. The van der Waals surface area contributed by atoms with Crippen molar-refractivity contribution in [2.75, 3.05) is 18.5 Å². The lowest BCUT2D eigenvalue weighted by molar-refractivity contribution is -0.141. The molecule has 0 aliphatic carbocycles. The van der Waals surface area contributed by atoms with Crippen molar-refractivity contribution in [3.63, 3.8) is 0 Å². The van der Waals surface area contributed by atoms with Gasteiger partial charge in [0.25, 0.3) is 0 Å². The van der Waals surface area contributed by atoms with Gasteiger partial charge in [0.15, 0.2) is 0 Å². The Morgan fingerprint density at radius 1 is 1.42 bits per heavy atom. The molecule has 0 aliphatic heterocycles. The minimum atomic E-state index is -0.730. The number of carboxylic acids is 1. The van der Waals surface area contributed by atoms with Crippen LogP contribution in [-0.4, -0.2) is 29.7 Å². The van der Waals surface area contributed by atoms with Crippen LogP contribution in [-0.2, 0) is 4.79 Å². The Morgan fingerprint density at radius 2 is 2.11 bits per heavy atom. The highest BCUT2D eigenvalue weighted by molar-refractivity contribution is 5.94. The van der Waals surface area contributed by atoms with Crippen molar-refractivity contribution < 1.29 is 9.90 Å². The first-order valence-electron chi connectivity index (χ1n) is 6.55. The number of nitrogens with one attached hydrogen (secondary N) is 1. The van der Waals surface area contributed by atoms with E-state index >= 15 is 0 Å². The molecular weight excluding hydrogens is 240 g/mol. The molecule has 0 spiro atoms. The van der Waals surface area contributed by atoms with E-state index in [1.807, 2.05) is 44.0 Å². The van der Waals surface area contributed by atoms with Crippen LogP contribution >= 0.6 is 0 Å². The van der Waals surface area contributed by atoms with Gasteiger partial charge in [-0.05, 0) is 19.4 Å². The monoisotopic (exact) mass is 260 g/mol. The molecule has 1 atom stereocenters. The minimum Gasteiger partial charge on any atom is -0.481 e. The van der Waals surface area contributed by atoms with Gasteiger partial charge < -0.3 is 15.0 Å². The zero-order valence-corrected chi connectivity index (χ0v) is 11.6. The van der Waals surface area contributed by atoms with Gasteiger partial charge in [0, 0.05) is 30.2 Å². The molecule has 0 fully saturated rings. The number of anilines is 1. The second-order valence-electron chi connectivity index (χ2n) is 4.97. The summed E-state index contributed by atoms with van der Waals surface area (Å²) in [6.07, 6.45) is 0.640. The van der Waals surface area contributed by atoms with Crippen molar-refractivity contribution in [3.05, 3.63) is 30.0 Å². The number of aryl methyl sites for hydroxylation is 1. The topological polar surface area (TPSA) is 56.3 Å². The molecule has 0 amide bonds. The summed E-state index contributed by atoms with van der Waals surface area (Å²) in [6, 6.07) is 8.09. The van der Waals surface area contributed by atoms with Gasteiger partial charge in [-0.1, -0.05) is 25.1 Å². The number of hydrogen-bond donors (Lipinski definition) is 2. The second-order valence-corrected chi connectivity index (χ2v) is 4.97. The average molecular weight is 260 g/mol. The Morgan fingerprint density at radius 3 is 2.74 bits per heavy atom. The molecule has 102 valence electrons. The van der Waals surface area contributed by atoms with Crippen LogP contribution in [0.5, 0.6) is 0 Å². The van der Waals surface area contributed by atoms with Crippen molar-refractivity contribution in [1.29, 1.82) is 0 Å². The zero-order valence-electron chi connectivity index (χ0n) is 11.6. The van der Waals surface area contributed by atoms with Gasteiger partial charge in [-0.3, -0.25) is 4.79 Å². The van der Waals surface area contributed by atoms with Crippen molar-refractivity contribution in [2.45, 2.75) is 20.3 Å². The van der Waals surface area contributed by atoms with Crippen LogP contribution in [0.25, 0.3) is 10.9 Å². The third-order valence-electron chi connectivity index (χ3n) is 3.58. The van der Waals surface area contributed by atoms with Crippen LogP contribution in [0.2, 0.25) is 0 Å². The number of aliphatic carboxylic acids is 1. The normalized spacial score (nSPS) is 12.6. The van der Waals surface area contributed by atoms with Crippen LogP contribution in [0.15, 0.2) is 24.3 Å². The predicted molar refractivity (Wildman–Crippen MR) is 77.7 cm³/mol. The van der Waals surface area contributed by atoms with Gasteiger partial charge in [0.2, 0.25) is 0 Å². The Bertz CT molecular complexity index is 589. The van der Waals surface area contributed by atoms with E-state index < -0.39 is 5.97 Å². The number of nitrogens with zero attached hydrogens (tertiary/aromatic N) is 1. The van der Waals surface area contributed by atoms with Gasteiger partial charge in [0.05, 0.1) is 11.6 Å². The number of hydrogen-bond acceptors (Lipinski definition) is 2. The SMILES string of the molecule is CCC(CN(C)c1c(C)[nH]c2ccccc12)C(=O)O. The zero-order chi connectivity index (χ0) is 14.0. The van der Waals surface area contributed by atoms with Gasteiger partial charge in [0.1, 0.15) is 0 Å². The largest absolute Gasteiger partial charge is 0.481 e. The van der Waals surface area contributed by atoms with Crippen LogP contribution < -0.4 is 4.90 Å². The first kappa shape index (κ1) is 13.5. The molecule has 2 N–H and O–H groups in total. The van der Waals surface area contributed by atoms with Gasteiger partial charge >= 0.3 is 5.97 Å². The van der Waals surface area contributed by atoms with Crippen LogP contribution in [0.4, 0.5) is 5.69 Å². The van der Waals surface area contributed by atoms with E-state index in [0.717, 1.165) is 22.3 Å². The number of H-pyrrole nitrogens is 1. The number of para-hydroxylation sites is 1. The summed E-state index contributed by atoms with van der Waals surface area (Å²) in [7, 11) is 1.95. The molecule has 1 aromatic carbocycles. The number of aromatic nitrogens is 1. The molecule has 2 aromatic rings. The van der Waals surface area contributed by atoms with Crippen molar-refractivity contribution >= 4 is 22.6 Å². The highest BCUT2D eigenvalue weighted by atomic mass is 16.4. The first-order chi connectivity index (χ1) is 9.04. The fraction of sp³-hybridized carbons (Fsp3) is 0.400. The quantitative estimate of drug-likeness (QED) is 0.868. The van der Waals surface area contributed by atoms with Crippen LogP contribution in [0, 0.1) is 12.8 Å². The molecule has 0 saturated carbocycles. The first-order valence-corrected chi connectivity index (χ1v) is 6.55. The second kappa shape index (κ2) is 5.34. The van der Waals surface area contributed by atoms with Crippen LogP contribution in [0.1, 0.15) is 19.0 Å². The fourth-order valence-electron chi connectivity index (χ4n) is 2.56. The van der Waals surface area contributed by atoms with Crippen molar-refractivity contribution in [1.82, 2.24) is 4.98 Å². The summed E-state index contributed by atoms with van der Waals surface area (Å²) >= 11 is 0. The average Bonchev–Trinajstić information content (AvgIpc) is 2.71. The molecule has 1 heterocycles. The van der Waals surface area contributed by atoms with E-state index in [-0.39, 0.29) is 5.92 Å². The lowest BCUT2D eigenvalue weighted by Crippen LogP contribution is -2.30. The molecule has 2 rings (SSSR count). The molecule has 0 radical (unpaired) electrons. The van der Waals surface area contributed by atoms with E-state index in [1.54, 1.807) is 0 Å². The summed E-state index contributed by atoms with van der Waals surface area (Å²) in [4.78, 5) is 16.5. The number of carboxylic acid groups (broad SMARTS) is 1. The van der Waals surface area contributed by atoms with Crippen molar-refractivity contribution in [3.8, 4) is 0 Å². The highest BCUT2D eigenvalue weighted by Gasteiger charge is 2.20. The standard InChI is InChI=1S/C15H20N2O2/c1-4-11(15(18)19)9-17(3)14-10(2)16-13-8-6-5-7-12(13)14/h5-8,11,16H,4,9H2,1-3H3,(H,18,19). The maximum Gasteiger partial charge on any atom is 0.308 e. The summed E-state index contributed by atoms with van der Waals surface area (Å²) in [5, 5.41) is 10.3. The maximum atomic E-state index is 11.1. The molecule has 1 unspecified atom stereocenters. The smallest absolute Gasteiger partial charge is 0.308 e. The van der Waals surface area contributed by atoms with E-state index in [9.17, 15) is 4.79 Å². The van der Waals surface area contributed by atoms with Crippen LogP contribution in [0.3, 0.4) is 0 Å². The molecule has 4 heteroatoms. The molecule has 0 aliphatic rings. The summed E-state index contributed by atoms with van der Waals surface area (Å²) in [5.74, 6) is -1.06. The molecule has 4 nitrogen and oxygen atoms in total. The van der Waals surface area contributed by atoms with E-state index in [2.05, 4.69) is 11.1 Å². The maximum absolute atomic E-state index is 11.1. The molecule has 19 heavy (non-hydrogen) atoms. The van der Waals surface area contributed by atoms with Gasteiger partial charge in [-0.2, -0.15) is 0 Å². The summed E-state index contributed by atoms with van der Waals surface area (Å²) in [6.45, 7) is 4.46. The molecule has 1 aromatic heterocycles. The third-order valence-corrected chi connectivity index (χ3v) is 3.58. The van der Waals surface area contributed by atoms with E-state index in [0.29, 0.717) is 13.0 Å². The molecule has 0 saturated heterocycles. The Labute approximate surface area is 113 Å². The lowest BCUT2D eigenvalue weighted by atomic mass is 10.1. The fourth-order valence-corrected chi connectivity index (χ4v) is 2.56.